The fourth-order valence-electron chi connectivity index (χ4n) is 4.31. The Morgan fingerprint density at radius 2 is 1.76 bits per heavy atom. The maximum Gasteiger partial charge on any atom is 0.328 e. The smallest absolute Gasteiger partial charge is 0.328 e. The summed E-state index contributed by atoms with van der Waals surface area (Å²) in [6.07, 6.45) is 1.07. The molecule has 0 saturated heterocycles. The molecule has 33 heavy (non-hydrogen) atoms. The van der Waals surface area contributed by atoms with Crippen molar-refractivity contribution >= 4 is 23.5 Å². The van der Waals surface area contributed by atoms with Crippen molar-refractivity contribution in [3.63, 3.8) is 0 Å². The van der Waals surface area contributed by atoms with E-state index in [1.807, 2.05) is 20.8 Å². The zero-order valence-corrected chi connectivity index (χ0v) is 20.4. The minimum atomic E-state index is -0.965. The van der Waals surface area contributed by atoms with Gasteiger partial charge < -0.3 is 14.8 Å². The predicted octanol–water partition coefficient (Wildman–Crippen LogP) is 3.58. The van der Waals surface area contributed by atoms with Crippen molar-refractivity contribution in [3.05, 3.63) is 39.9 Å². The lowest BCUT2D eigenvalue weighted by Crippen LogP contribution is -2.51. The summed E-state index contributed by atoms with van der Waals surface area (Å²) in [6, 6.07) is 4.81. The van der Waals surface area contributed by atoms with Gasteiger partial charge in [0.25, 0.3) is 5.69 Å². The van der Waals surface area contributed by atoms with Crippen molar-refractivity contribution in [1.29, 1.82) is 0 Å². The van der Waals surface area contributed by atoms with E-state index in [-0.39, 0.29) is 24.0 Å². The fraction of sp³-hybridized carbons (Fsp3) is 0.625. The third-order valence-electron chi connectivity index (χ3n) is 6.78. The van der Waals surface area contributed by atoms with Crippen LogP contribution in [-0.2, 0) is 30.3 Å². The Kier molecular flexibility index (Phi) is 7.56. The molecular weight excluding hydrogens is 428 g/mol. The average Bonchev–Trinajstić information content (AvgIpc) is 2.96. The lowest BCUT2D eigenvalue weighted by atomic mass is 9.65. The molecule has 1 aliphatic carbocycles. The highest BCUT2D eigenvalue weighted by atomic mass is 16.6. The highest BCUT2D eigenvalue weighted by Crippen LogP contribution is 2.57. The summed E-state index contributed by atoms with van der Waals surface area (Å²) >= 11 is 0. The second-order valence-corrected chi connectivity index (χ2v) is 10.4. The van der Waals surface area contributed by atoms with Crippen LogP contribution in [-0.4, -0.2) is 41.5 Å². The van der Waals surface area contributed by atoms with Crippen LogP contribution >= 0.6 is 0 Å². The molecular formula is C24H34N2O7. The van der Waals surface area contributed by atoms with Crippen molar-refractivity contribution < 1.29 is 28.8 Å². The number of hydrogen-bond acceptors (Lipinski definition) is 7. The van der Waals surface area contributed by atoms with E-state index in [1.165, 1.54) is 19.2 Å². The summed E-state index contributed by atoms with van der Waals surface area (Å²) in [4.78, 5) is 49.0. The number of methoxy groups -OCH3 is 1. The van der Waals surface area contributed by atoms with Crippen LogP contribution < -0.4 is 5.32 Å². The van der Waals surface area contributed by atoms with Crippen LogP contribution in [0.5, 0.6) is 0 Å². The molecule has 1 fully saturated rings. The molecule has 0 heterocycles. The highest BCUT2D eigenvalue weighted by molar-refractivity contribution is 5.88. The molecule has 182 valence electrons. The third kappa shape index (κ3) is 5.69. The predicted molar refractivity (Wildman–Crippen MR) is 121 cm³/mol. The zero-order valence-electron chi connectivity index (χ0n) is 20.4. The molecule has 1 aliphatic rings. The van der Waals surface area contributed by atoms with Crippen LogP contribution in [0.4, 0.5) is 5.69 Å². The second kappa shape index (κ2) is 9.49. The molecule has 0 aromatic heterocycles. The number of benzene rings is 1. The van der Waals surface area contributed by atoms with Crippen molar-refractivity contribution in [3.8, 4) is 0 Å². The molecule has 1 unspecified atom stereocenters. The fourth-order valence-corrected chi connectivity index (χ4v) is 4.31. The van der Waals surface area contributed by atoms with E-state index in [0.29, 0.717) is 18.4 Å². The summed E-state index contributed by atoms with van der Waals surface area (Å²) in [7, 11) is 1.23. The number of carbonyl (C=O) groups excluding carboxylic acids is 3. The van der Waals surface area contributed by atoms with Crippen LogP contribution in [0.25, 0.3) is 0 Å². The Hall–Kier alpha value is -2.97. The molecule has 3 atom stereocenters. The normalized spacial score (nSPS) is 22.8. The van der Waals surface area contributed by atoms with Crippen LogP contribution in [0, 0.1) is 26.9 Å². The van der Waals surface area contributed by atoms with E-state index in [4.69, 9.17) is 9.47 Å². The number of non-ortho nitro benzene ring substituents is 1. The SMILES string of the molecule is COC(=O)C(Cc1ccc([N+](=O)[O-])cc1)NC(=O)[C@H]1CC[C@@](C)(C(=O)OC(C)(C)C)C1(C)C. The molecule has 0 aliphatic heterocycles. The zero-order chi connectivity index (χ0) is 25.2. The number of nitro groups is 1. The number of amides is 1. The lowest BCUT2D eigenvalue weighted by Gasteiger charge is -2.40. The molecule has 1 N–H and O–H groups in total. The Labute approximate surface area is 194 Å². The van der Waals surface area contributed by atoms with Crippen molar-refractivity contribution in [2.45, 2.75) is 72.4 Å². The van der Waals surface area contributed by atoms with E-state index in [0.717, 1.165) is 0 Å². The Morgan fingerprint density at radius 3 is 2.24 bits per heavy atom. The van der Waals surface area contributed by atoms with Crippen LogP contribution in [0.1, 0.15) is 59.9 Å². The third-order valence-corrected chi connectivity index (χ3v) is 6.78. The maximum atomic E-state index is 13.3. The van der Waals surface area contributed by atoms with Gasteiger partial charge in [-0.05, 0) is 51.5 Å². The molecule has 1 saturated carbocycles. The standard InChI is InChI=1S/C24H34N2O7/c1-22(2,3)33-21(29)24(6)13-12-17(23(24,4)5)19(27)25-18(20(28)32-7)14-15-8-10-16(11-9-15)26(30)31/h8-11,17-18H,12-14H2,1-7H3,(H,25,27)/t17-,18?,24+/m1/s1. The first kappa shape index (κ1) is 26.3. The number of ether oxygens (including phenoxy) is 2. The molecule has 0 bridgehead atoms. The van der Waals surface area contributed by atoms with E-state index in [1.54, 1.807) is 32.9 Å². The van der Waals surface area contributed by atoms with Crippen LogP contribution in [0.15, 0.2) is 24.3 Å². The van der Waals surface area contributed by atoms with E-state index in [2.05, 4.69) is 5.32 Å². The topological polar surface area (TPSA) is 125 Å². The van der Waals surface area contributed by atoms with Gasteiger partial charge in [0, 0.05) is 24.5 Å². The van der Waals surface area contributed by atoms with Gasteiger partial charge in [-0.25, -0.2) is 4.79 Å². The summed E-state index contributed by atoms with van der Waals surface area (Å²) in [6.45, 7) is 11.0. The van der Waals surface area contributed by atoms with Gasteiger partial charge in [-0.1, -0.05) is 26.0 Å². The van der Waals surface area contributed by atoms with Gasteiger partial charge in [-0.15, -0.1) is 0 Å². The first-order valence-corrected chi connectivity index (χ1v) is 11.0. The monoisotopic (exact) mass is 462 g/mol. The second-order valence-electron chi connectivity index (χ2n) is 10.4. The van der Waals surface area contributed by atoms with Crippen LogP contribution in [0.3, 0.4) is 0 Å². The highest BCUT2D eigenvalue weighted by Gasteiger charge is 2.59. The maximum absolute atomic E-state index is 13.3. The number of nitrogens with zero attached hydrogens (tertiary/aromatic N) is 1. The molecule has 2 rings (SSSR count). The average molecular weight is 463 g/mol. The molecule has 1 amide bonds. The Morgan fingerprint density at radius 1 is 1.18 bits per heavy atom. The molecule has 0 spiro atoms. The van der Waals surface area contributed by atoms with Gasteiger partial charge in [0.1, 0.15) is 11.6 Å². The van der Waals surface area contributed by atoms with Gasteiger partial charge in [0.05, 0.1) is 17.4 Å². The van der Waals surface area contributed by atoms with Crippen molar-refractivity contribution in [2.24, 2.45) is 16.7 Å². The van der Waals surface area contributed by atoms with E-state index in [9.17, 15) is 24.5 Å². The first-order valence-electron chi connectivity index (χ1n) is 11.0. The number of carbonyl (C=O) groups is 3. The van der Waals surface area contributed by atoms with E-state index >= 15 is 0 Å². The molecule has 9 nitrogen and oxygen atoms in total. The summed E-state index contributed by atoms with van der Waals surface area (Å²) in [5, 5.41) is 13.6. The van der Waals surface area contributed by atoms with Crippen molar-refractivity contribution in [2.75, 3.05) is 7.11 Å². The van der Waals surface area contributed by atoms with Crippen molar-refractivity contribution in [1.82, 2.24) is 5.32 Å². The summed E-state index contributed by atoms with van der Waals surface area (Å²) in [5.74, 6) is -1.82. The van der Waals surface area contributed by atoms with Crippen LogP contribution in [0.2, 0.25) is 0 Å². The molecule has 9 heteroatoms. The number of hydrogen-bond donors (Lipinski definition) is 1. The number of esters is 2. The number of nitrogens with one attached hydrogen (secondary N) is 1. The van der Waals surface area contributed by atoms with Gasteiger partial charge in [-0.3, -0.25) is 19.7 Å². The number of nitro benzene ring substituents is 1. The van der Waals surface area contributed by atoms with Gasteiger partial charge >= 0.3 is 11.9 Å². The molecule has 1 aromatic carbocycles. The Balaban J connectivity index is 2.19. The van der Waals surface area contributed by atoms with E-state index < -0.39 is 39.3 Å². The molecule has 0 radical (unpaired) electrons. The summed E-state index contributed by atoms with van der Waals surface area (Å²) < 4.78 is 10.5. The van der Waals surface area contributed by atoms with Gasteiger partial charge in [0.15, 0.2) is 0 Å². The molecule has 1 aromatic rings. The van der Waals surface area contributed by atoms with Gasteiger partial charge in [-0.2, -0.15) is 0 Å². The largest absolute Gasteiger partial charge is 0.467 e. The number of rotatable bonds is 7. The van der Waals surface area contributed by atoms with Gasteiger partial charge in [0.2, 0.25) is 5.91 Å². The minimum absolute atomic E-state index is 0.0634. The Bertz CT molecular complexity index is 918. The lowest BCUT2D eigenvalue weighted by molar-refractivity contribution is -0.384. The summed E-state index contributed by atoms with van der Waals surface area (Å²) in [5.41, 5.74) is -1.64. The quantitative estimate of drug-likeness (QED) is 0.373. The first-order chi connectivity index (χ1) is 15.1. The minimum Gasteiger partial charge on any atom is -0.467 e.